The topological polar surface area (TPSA) is 140 Å². The number of carbonyl (C=O) groups is 2. The van der Waals surface area contributed by atoms with Gasteiger partial charge in [0, 0.05) is 31.1 Å². The van der Waals surface area contributed by atoms with Gasteiger partial charge in [-0.15, -0.1) is 5.10 Å². The summed E-state index contributed by atoms with van der Waals surface area (Å²) in [5, 5.41) is 6.77. The quantitative estimate of drug-likeness (QED) is 0.173. The Balaban J connectivity index is 1.22. The Labute approximate surface area is 312 Å². The highest BCUT2D eigenvalue weighted by molar-refractivity contribution is 9.10. The Morgan fingerprint density at radius 3 is 2.48 bits per heavy atom. The van der Waals surface area contributed by atoms with Gasteiger partial charge in [0.1, 0.15) is 25.2 Å². The van der Waals surface area contributed by atoms with Gasteiger partial charge in [-0.3, -0.25) is 14.4 Å². The molecule has 1 aliphatic heterocycles. The molecular formula is C33H30BrClF3N9O4S. The number of piperazine rings is 1. The number of carbonyl (C=O) groups excluding carboxylic acids is 2. The van der Waals surface area contributed by atoms with Crippen molar-refractivity contribution in [2.24, 2.45) is 0 Å². The third kappa shape index (κ3) is 8.18. The van der Waals surface area contributed by atoms with E-state index in [1.807, 2.05) is 42.2 Å². The lowest BCUT2D eigenvalue weighted by Crippen LogP contribution is -2.51. The van der Waals surface area contributed by atoms with Crippen molar-refractivity contribution in [3.8, 4) is 5.75 Å². The van der Waals surface area contributed by atoms with Gasteiger partial charge in [-0.05, 0) is 64.8 Å². The van der Waals surface area contributed by atoms with Crippen LogP contribution in [0, 0.1) is 6.92 Å². The van der Waals surface area contributed by atoms with Crippen molar-refractivity contribution in [1.29, 1.82) is 0 Å². The van der Waals surface area contributed by atoms with Crippen LogP contribution in [0.25, 0.3) is 5.78 Å². The Bertz CT molecular complexity index is 2200. The SMILES string of the molecule is CCc1c(N2CCN(C(=O)c3ncnc(C)c3OCc3ccccc3)CC2)c(=O)n2nc(Br)nc2n1CC(=O)Nc1ccc(SC(F)(F)F)cc1Cl. The lowest BCUT2D eigenvalue weighted by atomic mass is 10.2. The molecule has 0 atom stereocenters. The van der Waals surface area contributed by atoms with Crippen LogP contribution in [0.15, 0.2) is 69.3 Å². The Hall–Kier alpha value is -4.68. The van der Waals surface area contributed by atoms with Crippen molar-refractivity contribution < 1.29 is 27.5 Å². The number of aromatic nitrogens is 6. The lowest BCUT2D eigenvalue weighted by molar-refractivity contribution is -0.116. The number of anilines is 2. The number of hydrogen-bond donors (Lipinski definition) is 1. The Morgan fingerprint density at radius 2 is 1.81 bits per heavy atom. The normalized spacial score (nSPS) is 13.4. The molecule has 2 aromatic carbocycles. The summed E-state index contributed by atoms with van der Waals surface area (Å²) in [7, 11) is 0. The molecule has 1 N–H and O–H groups in total. The first-order valence-corrected chi connectivity index (χ1v) is 17.9. The van der Waals surface area contributed by atoms with Crippen molar-refractivity contribution in [1.82, 2.24) is 34.0 Å². The van der Waals surface area contributed by atoms with Gasteiger partial charge in [0.05, 0.1) is 22.1 Å². The molecule has 0 radical (unpaired) electrons. The first-order valence-electron chi connectivity index (χ1n) is 15.9. The highest BCUT2D eigenvalue weighted by atomic mass is 79.9. The molecule has 272 valence electrons. The molecule has 13 nitrogen and oxygen atoms in total. The fraction of sp³-hybridized carbons (Fsp3) is 0.303. The fourth-order valence-electron chi connectivity index (χ4n) is 5.83. The van der Waals surface area contributed by atoms with E-state index in [1.54, 1.807) is 16.4 Å². The van der Waals surface area contributed by atoms with Gasteiger partial charge in [0.15, 0.2) is 11.4 Å². The minimum atomic E-state index is -4.50. The lowest BCUT2D eigenvalue weighted by Gasteiger charge is -2.36. The molecule has 19 heteroatoms. The molecule has 6 rings (SSSR count). The van der Waals surface area contributed by atoms with E-state index in [4.69, 9.17) is 16.3 Å². The number of amides is 2. The molecular weight excluding hydrogens is 791 g/mol. The zero-order chi connectivity index (χ0) is 37.2. The van der Waals surface area contributed by atoms with E-state index in [9.17, 15) is 27.6 Å². The third-order valence-corrected chi connectivity index (χ3v) is 9.55. The van der Waals surface area contributed by atoms with Crippen molar-refractivity contribution in [2.45, 2.75) is 43.8 Å². The number of aryl methyl sites for hydroxylation is 1. The number of fused-ring (bicyclic) bond motifs is 1. The minimum Gasteiger partial charge on any atom is -0.485 e. The first kappa shape index (κ1) is 37.1. The van der Waals surface area contributed by atoms with Crippen LogP contribution >= 0.6 is 39.3 Å². The van der Waals surface area contributed by atoms with Gasteiger partial charge in [-0.25, -0.2) is 9.97 Å². The second kappa shape index (κ2) is 15.5. The number of alkyl halides is 3. The summed E-state index contributed by atoms with van der Waals surface area (Å²) in [4.78, 5) is 57.2. The van der Waals surface area contributed by atoms with Gasteiger partial charge < -0.3 is 24.4 Å². The van der Waals surface area contributed by atoms with Crippen LogP contribution in [0.3, 0.4) is 0 Å². The summed E-state index contributed by atoms with van der Waals surface area (Å²) in [6.45, 7) is 4.55. The van der Waals surface area contributed by atoms with Gasteiger partial charge in [-0.1, -0.05) is 48.9 Å². The Morgan fingerprint density at radius 1 is 1.08 bits per heavy atom. The van der Waals surface area contributed by atoms with E-state index >= 15 is 0 Å². The molecule has 4 heterocycles. The number of ether oxygens (including phenoxy) is 1. The molecule has 1 aliphatic rings. The number of halogens is 5. The highest BCUT2D eigenvalue weighted by Crippen LogP contribution is 2.39. The molecule has 1 fully saturated rings. The highest BCUT2D eigenvalue weighted by Gasteiger charge is 2.32. The first-order chi connectivity index (χ1) is 24.8. The Kier molecular flexibility index (Phi) is 11.1. The number of nitrogens with one attached hydrogen (secondary N) is 1. The number of rotatable bonds is 10. The summed E-state index contributed by atoms with van der Waals surface area (Å²) in [5.41, 5.74) is -2.45. The predicted octanol–water partition coefficient (Wildman–Crippen LogP) is 5.76. The smallest absolute Gasteiger partial charge is 0.446 e. The second-order valence-corrected chi connectivity index (χ2v) is 13.8. The maximum Gasteiger partial charge on any atom is 0.446 e. The van der Waals surface area contributed by atoms with Crippen molar-refractivity contribution in [3.05, 3.63) is 97.6 Å². The van der Waals surface area contributed by atoms with Crippen LogP contribution in [0.2, 0.25) is 5.02 Å². The van der Waals surface area contributed by atoms with Crippen LogP contribution in [0.1, 0.15) is 34.4 Å². The van der Waals surface area contributed by atoms with E-state index in [-0.39, 0.29) is 88.8 Å². The zero-order valence-electron chi connectivity index (χ0n) is 27.7. The number of nitrogens with zero attached hydrogens (tertiary/aromatic N) is 8. The maximum absolute atomic E-state index is 13.9. The standard InChI is InChI=1S/C33H30BrClF3N9O4S/c1-3-24-27(44-11-13-45(14-12-44)29(49)26-28(19(2)39-18-40-26)51-17-20-7-5-4-6-8-20)30(50)47-32(42-31(34)43-47)46(24)16-25(48)41-23-10-9-21(15-22(23)35)52-33(36,37)38/h4-10,15,18H,3,11-14,16-17H2,1-2H3,(H,41,48). The van der Waals surface area contributed by atoms with Crippen molar-refractivity contribution in [3.63, 3.8) is 0 Å². The molecule has 3 aromatic heterocycles. The summed E-state index contributed by atoms with van der Waals surface area (Å²) < 4.78 is 47.3. The predicted molar refractivity (Wildman–Crippen MR) is 192 cm³/mol. The van der Waals surface area contributed by atoms with E-state index < -0.39 is 17.0 Å². The maximum atomic E-state index is 13.9. The van der Waals surface area contributed by atoms with Crippen LogP contribution in [-0.2, 0) is 24.4 Å². The monoisotopic (exact) mass is 819 g/mol. The van der Waals surface area contributed by atoms with Crippen LogP contribution in [0.4, 0.5) is 24.5 Å². The molecule has 5 aromatic rings. The largest absolute Gasteiger partial charge is 0.485 e. The number of hydrogen-bond acceptors (Lipinski definition) is 10. The molecule has 0 spiro atoms. The molecule has 0 unspecified atom stereocenters. The average molecular weight is 821 g/mol. The summed E-state index contributed by atoms with van der Waals surface area (Å²) >= 11 is 9.12. The number of thioether (sulfide) groups is 1. The van der Waals surface area contributed by atoms with E-state index in [2.05, 4.69) is 41.3 Å². The number of benzene rings is 2. The van der Waals surface area contributed by atoms with Crippen LogP contribution < -0.4 is 20.5 Å². The molecule has 52 heavy (non-hydrogen) atoms. The van der Waals surface area contributed by atoms with Gasteiger partial charge in [0.25, 0.3) is 11.5 Å². The van der Waals surface area contributed by atoms with Crippen molar-refractivity contribution in [2.75, 3.05) is 36.4 Å². The molecule has 0 saturated carbocycles. The van der Waals surface area contributed by atoms with E-state index in [0.717, 1.165) is 16.1 Å². The average Bonchev–Trinajstić information content (AvgIpc) is 3.51. The van der Waals surface area contributed by atoms with Crippen LogP contribution in [-0.4, -0.2) is 77.5 Å². The second-order valence-electron chi connectivity index (χ2n) is 11.6. The molecule has 0 aliphatic carbocycles. The van der Waals surface area contributed by atoms with Gasteiger partial charge in [-0.2, -0.15) is 22.7 Å². The van der Waals surface area contributed by atoms with E-state index in [0.29, 0.717) is 29.2 Å². The zero-order valence-corrected chi connectivity index (χ0v) is 30.8. The molecule has 2 amide bonds. The van der Waals surface area contributed by atoms with Gasteiger partial charge >= 0.3 is 5.51 Å². The van der Waals surface area contributed by atoms with Crippen molar-refractivity contribution >= 4 is 68.3 Å². The third-order valence-electron chi connectivity index (χ3n) is 8.18. The summed E-state index contributed by atoms with van der Waals surface area (Å²) in [6, 6.07) is 13.1. The summed E-state index contributed by atoms with van der Waals surface area (Å²) in [6.07, 6.45) is 1.65. The molecule has 1 saturated heterocycles. The minimum absolute atomic E-state index is 0.0753. The van der Waals surface area contributed by atoms with Gasteiger partial charge in [0.2, 0.25) is 16.4 Å². The molecule has 0 bridgehead atoms. The summed E-state index contributed by atoms with van der Waals surface area (Å²) in [5.74, 6) is -0.499. The van der Waals surface area contributed by atoms with Crippen LogP contribution in [0.5, 0.6) is 5.75 Å². The fourth-order valence-corrected chi connectivity index (χ4v) is 7.02. The van der Waals surface area contributed by atoms with E-state index in [1.165, 1.54) is 18.5 Å².